The van der Waals surface area contributed by atoms with Gasteiger partial charge in [0.1, 0.15) is 23.6 Å². The highest BCUT2D eigenvalue weighted by Gasteiger charge is 2.11. The standard InChI is InChI=1S/C15H13ClF2N2O3/c16-14-4-1-9(6-19-14)15(22)20-7-10(21)8-23-11-2-3-12(17)13(18)5-11/h1-6,10,21H,7-8H2,(H,20,22)/t10-/m0/s1. The molecule has 0 radical (unpaired) electrons. The zero-order valence-electron chi connectivity index (χ0n) is 11.8. The molecule has 0 saturated carbocycles. The third kappa shape index (κ3) is 5.15. The molecule has 0 aliphatic rings. The number of amides is 1. The zero-order valence-corrected chi connectivity index (χ0v) is 12.6. The van der Waals surface area contributed by atoms with E-state index in [1.54, 1.807) is 0 Å². The quantitative estimate of drug-likeness (QED) is 0.789. The van der Waals surface area contributed by atoms with Crippen LogP contribution in [0.4, 0.5) is 8.78 Å². The molecule has 1 atom stereocenters. The molecular weight excluding hydrogens is 330 g/mol. The van der Waals surface area contributed by atoms with E-state index in [0.717, 1.165) is 12.1 Å². The number of nitrogens with zero attached hydrogens (tertiary/aromatic N) is 1. The van der Waals surface area contributed by atoms with Gasteiger partial charge in [-0.25, -0.2) is 13.8 Å². The van der Waals surface area contributed by atoms with E-state index in [1.807, 2.05) is 0 Å². The van der Waals surface area contributed by atoms with Crippen molar-refractivity contribution in [2.24, 2.45) is 0 Å². The summed E-state index contributed by atoms with van der Waals surface area (Å²) in [7, 11) is 0. The lowest BCUT2D eigenvalue weighted by atomic mass is 10.2. The average Bonchev–Trinajstić information content (AvgIpc) is 2.54. The fraction of sp³-hybridized carbons (Fsp3) is 0.200. The van der Waals surface area contributed by atoms with Crippen LogP contribution in [-0.2, 0) is 0 Å². The molecule has 8 heteroatoms. The molecule has 1 heterocycles. The predicted molar refractivity (Wildman–Crippen MR) is 79.4 cm³/mol. The summed E-state index contributed by atoms with van der Waals surface area (Å²) in [6.07, 6.45) is 0.286. The van der Waals surface area contributed by atoms with Crippen LogP contribution >= 0.6 is 11.6 Å². The van der Waals surface area contributed by atoms with Crippen LogP contribution < -0.4 is 10.1 Å². The molecule has 122 valence electrons. The van der Waals surface area contributed by atoms with Crippen LogP contribution in [0, 0.1) is 11.6 Å². The van der Waals surface area contributed by atoms with E-state index in [9.17, 15) is 18.7 Å². The molecule has 0 spiro atoms. The van der Waals surface area contributed by atoms with Crippen molar-refractivity contribution in [3.63, 3.8) is 0 Å². The van der Waals surface area contributed by atoms with Crippen molar-refractivity contribution in [3.05, 3.63) is 58.9 Å². The normalized spacial score (nSPS) is 11.8. The Morgan fingerprint density at radius 1 is 1.30 bits per heavy atom. The maximum atomic E-state index is 13.0. The van der Waals surface area contributed by atoms with Crippen molar-refractivity contribution >= 4 is 17.5 Å². The van der Waals surface area contributed by atoms with Gasteiger partial charge in [0.15, 0.2) is 11.6 Å². The van der Waals surface area contributed by atoms with Crippen LogP contribution in [0.15, 0.2) is 36.5 Å². The van der Waals surface area contributed by atoms with Gasteiger partial charge in [-0.2, -0.15) is 0 Å². The minimum atomic E-state index is -1.04. The molecule has 1 aromatic heterocycles. The highest BCUT2D eigenvalue weighted by molar-refractivity contribution is 6.29. The van der Waals surface area contributed by atoms with Crippen LogP contribution in [0.2, 0.25) is 5.15 Å². The highest BCUT2D eigenvalue weighted by Crippen LogP contribution is 2.15. The van der Waals surface area contributed by atoms with Gasteiger partial charge in [-0.3, -0.25) is 4.79 Å². The molecule has 2 N–H and O–H groups in total. The number of benzene rings is 1. The molecule has 0 aliphatic carbocycles. The number of ether oxygens (including phenoxy) is 1. The lowest BCUT2D eigenvalue weighted by Gasteiger charge is -2.13. The second-order valence-electron chi connectivity index (χ2n) is 4.62. The summed E-state index contributed by atoms with van der Waals surface area (Å²) in [6, 6.07) is 6.00. The number of hydrogen-bond acceptors (Lipinski definition) is 4. The number of carbonyl (C=O) groups excluding carboxylic acids is 1. The number of aliphatic hydroxyl groups excluding tert-OH is 1. The van der Waals surface area contributed by atoms with Crippen LogP contribution in [0.5, 0.6) is 5.75 Å². The van der Waals surface area contributed by atoms with Gasteiger partial charge in [0.2, 0.25) is 0 Å². The molecule has 1 amide bonds. The van der Waals surface area contributed by atoms with E-state index >= 15 is 0 Å². The van der Waals surface area contributed by atoms with Crippen molar-refractivity contribution in [1.29, 1.82) is 0 Å². The Bertz CT molecular complexity index is 683. The van der Waals surface area contributed by atoms with Crippen molar-refractivity contribution in [3.8, 4) is 5.75 Å². The summed E-state index contributed by atoms with van der Waals surface area (Å²) in [5.41, 5.74) is 0.295. The molecule has 2 aromatic rings. The molecule has 0 bridgehead atoms. The smallest absolute Gasteiger partial charge is 0.252 e. The third-order valence-corrected chi connectivity index (χ3v) is 3.04. The van der Waals surface area contributed by atoms with E-state index in [-0.39, 0.29) is 24.1 Å². The Kier molecular flexibility index (Phi) is 5.84. The summed E-state index contributed by atoms with van der Waals surface area (Å²) >= 11 is 5.61. The molecule has 0 fully saturated rings. The van der Waals surface area contributed by atoms with Crippen molar-refractivity contribution in [2.45, 2.75) is 6.10 Å². The maximum Gasteiger partial charge on any atom is 0.252 e. The highest BCUT2D eigenvalue weighted by atomic mass is 35.5. The first kappa shape index (κ1) is 17.1. The lowest BCUT2D eigenvalue weighted by Crippen LogP contribution is -2.35. The lowest BCUT2D eigenvalue weighted by molar-refractivity contribution is 0.0843. The van der Waals surface area contributed by atoms with Crippen molar-refractivity contribution in [2.75, 3.05) is 13.2 Å². The molecule has 1 aromatic carbocycles. The topological polar surface area (TPSA) is 71.5 Å². The first-order valence-corrected chi connectivity index (χ1v) is 6.99. The number of aromatic nitrogens is 1. The van der Waals surface area contributed by atoms with Crippen molar-refractivity contribution < 1.29 is 23.4 Å². The molecule has 0 aliphatic heterocycles. The average molecular weight is 343 g/mol. The largest absolute Gasteiger partial charge is 0.491 e. The summed E-state index contributed by atoms with van der Waals surface area (Å²) in [6.45, 7) is -0.268. The number of carbonyl (C=O) groups is 1. The Hall–Kier alpha value is -2.25. The van der Waals surface area contributed by atoms with Gasteiger partial charge in [-0.15, -0.1) is 0 Å². The second-order valence-corrected chi connectivity index (χ2v) is 5.01. The Balaban J connectivity index is 1.78. The summed E-state index contributed by atoms with van der Waals surface area (Å²) in [4.78, 5) is 15.5. The SMILES string of the molecule is O=C(NC[C@H](O)COc1ccc(F)c(F)c1)c1ccc(Cl)nc1. The van der Waals surface area contributed by atoms with Gasteiger partial charge in [0.25, 0.3) is 5.91 Å². The molecule has 2 rings (SSSR count). The second kappa shape index (κ2) is 7.85. The minimum Gasteiger partial charge on any atom is -0.491 e. The van der Waals surface area contributed by atoms with E-state index in [4.69, 9.17) is 16.3 Å². The first-order valence-electron chi connectivity index (χ1n) is 6.61. The Labute approximate surface area is 135 Å². The number of aliphatic hydroxyl groups is 1. The number of hydrogen-bond donors (Lipinski definition) is 2. The number of halogens is 3. The zero-order chi connectivity index (χ0) is 16.8. The van der Waals surface area contributed by atoms with Crippen LogP contribution in [0.3, 0.4) is 0 Å². The van der Waals surface area contributed by atoms with Gasteiger partial charge in [0.05, 0.1) is 5.56 Å². The fourth-order valence-corrected chi connectivity index (χ4v) is 1.75. The minimum absolute atomic E-state index is 0.0782. The molecule has 0 saturated heterocycles. The van der Waals surface area contributed by atoms with Gasteiger partial charge in [-0.05, 0) is 24.3 Å². The van der Waals surface area contributed by atoms with E-state index in [0.29, 0.717) is 5.56 Å². The van der Waals surface area contributed by atoms with E-state index in [2.05, 4.69) is 10.3 Å². The molecule has 23 heavy (non-hydrogen) atoms. The van der Waals surface area contributed by atoms with Gasteiger partial charge in [0, 0.05) is 18.8 Å². The summed E-state index contributed by atoms with van der Waals surface area (Å²) in [5.74, 6) is -2.38. The maximum absolute atomic E-state index is 13.0. The summed E-state index contributed by atoms with van der Waals surface area (Å²) < 4.78 is 30.9. The fourth-order valence-electron chi connectivity index (χ4n) is 1.64. The van der Waals surface area contributed by atoms with Crippen LogP contribution in [0.25, 0.3) is 0 Å². The number of rotatable bonds is 6. The molecular formula is C15H13ClF2N2O3. The van der Waals surface area contributed by atoms with Gasteiger partial charge >= 0.3 is 0 Å². The summed E-state index contributed by atoms with van der Waals surface area (Å²) in [5, 5.41) is 12.5. The van der Waals surface area contributed by atoms with Gasteiger partial charge in [-0.1, -0.05) is 11.6 Å². The monoisotopic (exact) mass is 342 g/mol. The first-order chi connectivity index (χ1) is 11.0. The van der Waals surface area contributed by atoms with Crippen LogP contribution in [-0.4, -0.2) is 35.3 Å². The molecule has 5 nitrogen and oxygen atoms in total. The number of nitrogens with one attached hydrogen (secondary N) is 1. The van der Waals surface area contributed by atoms with E-state index < -0.39 is 23.6 Å². The molecule has 0 unspecified atom stereocenters. The Morgan fingerprint density at radius 3 is 2.74 bits per heavy atom. The third-order valence-electron chi connectivity index (χ3n) is 2.82. The number of pyridine rings is 1. The van der Waals surface area contributed by atoms with Crippen molar-refractivity contribution in [1.82, 2.24) is 10.3 Å². The van der Waals surface area contributed by atoms with E-state index in [1.165, 1.54) is 24.4 Å². The predicted octanol–water partition coefficient (Wildman–Crippen LogP) is 2.18. The van der Waals surface area contributed by atoms with Gasteiger partial charge < -0.3 is 15.2 Å². The Morgan fingerprint density at radius 2 is 2.09 bits per heavy atom. The van der Waals surface area contributed by atoms with Crippen LogP contribution in [0.1, 0.15) is 10.4 Å².